The molecule has 0 aromatic heterocycles. The van der Waals surface area contributed by atoms with Crippen LogP contribution < -0.4 is 0 Å². The summed E-state index contributed by atoms with van der Waals surface area (Å²) in [6.45, 7) is 0. The van der Waals surface area contributed by atoms with E-state index in [1.807, 2.05) is 18.2 Å². The molecular weight excluding hydrogens is 243 g/mol. The van der Waals surface area contributed by atoms with Gasteiger partial charge in [0.1, 0.15) is 5.82 Å². The zero-order valence-electron chi connectivity index (χ0n) is 10.9. The van der Waals surface area contributed by atoms with E-state index in [9.17, 15) is 9.18 Å². The first kappa shape index (κ1) is 13.8. The Kier molecular flexibility index (Phi) is 4.72. The second-order valence-corrected chi connectivity index (χ2v) is 5.19. The van der Waals surface area contributed by atoms with Crippen LogP contribution in [0, 0.1) is 11.7 Å². The zero-order valence-corrected chi connectivity index (χ0v) is 10.9. The Bertz CT molecular complexity index is 442. The number of benzene rings is 1. The van der Waals surface area contributed by atoms with Gasteiger partial charge in [0.25, 0.3) is 0 Å². The number of carboxylic acids is 1. The molecule has 0 bridgehead atoms. The Morgan fingerprint density at radius 1 is 1.21 bits per heavy atom. The third-order valence-corrected chi connectivity index (χ3v) is 3.81. The second-order valence-electron chi connectivity index (χ2n) is 5.19. The van der Waals surface area contributed by atoms with E-state index in [4.69, 9.17) is 5.11 Å². The van der Waals surface area contributed by atoms with E-state index in [1.165, 1.54) is 17.7 Å². The number of carbonyl (C=O) groups is 1. The van der Waals surface area contributed by atoms with E-state index in [2.05, 4.69) is 0 Å². The number of hydrogen-bond donors (Lipinski definition) is 1. The summed E-state index contributed by atoms with van der Waals surface area (Å²) in [7, 11) is 0. The van der Waals surface area contributed by atoms with Crippen LogP contribution in [0.5, 0.6) is 0 Å². The molecule has 1 aromatic rings. The molecule has 0 spiro atoms. The molecule has 0 radical (unpaired) electrons. The second kappa shape index (κ2) is 6.50. The normalized spacial score (nSPS) is 23.6. The highest BCUT2D eigenvalue weighted by Gasteiger charge is 2.20. The summed E-state index contributed by atoms with van der Waals surface area (Å²) in [6.07, 6.45) is 8.25. The number of allylic oxidation sites excluding steroid dienone is 1. The highest BCUT2D eigenvalue weighted by molar-refractivity contribution is 5.68. The van der Waals surface area contributed by atoms with Crippen LogP contribution in [0.2, 0.25) is 0 Å². The number of halogens is 1. The van der Waals surface area contributed by atoms with Gasteiger partial charge in [0.2, 0.25) is 0 Å². The quantitative estimate of drug-likeness (QED) is 0.828. The lowest BCUT2D eigenvalue weighted by atomic mass is 9.78. The van der Waals surface area contributed by atoms with Gasteiger partial charge in [-0.15, -0.1) is 0 Å². The first-order valence-corrected chi connectivity index (χ1v) is 6.79. The van der Waals surface area contributed by atoms with Crippen LogP contribution in [-0.2, 0) is 4.79 Å². The molecule has 1 N–H and O–H groups in total. The minimum atomic E-state index is -0.781. The third kappa shape index (κ3) is 4.19. The topological polar surface area (TPSA) is 37.3 Å². The Morgan fingerprint density at radius 3 is 2.42 bits per heavy atom. The van der Waals surface area contributed by atoms with E-state index < -0.39 is 5.97 Å². The highest BCUT2D eigenvalue weighted by atomic mass is 19.1. The molecule has 0 unspecified atom stereocenters. The Morgan fingerprint density at radius 2 is 1.84 bits per heavy atom. The van der Waals surface area contributed by atoms with E-state index in [0.717, 1.165) is 25.7 Å². The van der Waals surface area contributed by atoms with E-state index >= 15 is 0 Å². The SMILES string of the molecule is O=C(O)CC=CC1CCC(c2ccc(F)cc2)CC1. The Balaban J connectivity index is 1.83. The van der Waals surface area contributed by atoms with Crippen molar-refractivity contribution in [3.63, 3.8) is 0 Å². The highest BCUT2D eigenvalue weighted by Crippen LogP contribution is 2.36. The molecule has 2 nitrogen and oxygen atoms in total. The first-order chi connectivity index (χ1) is 9.15. The lowest BCUT2D eigenvalue weighted by molar-refractivity contribution is -0.136. The van der Waals surface area contributed by atoms with Gasteiger partial charge in [-0.05, 0) is 55.2 Å². The van der Waals surface area contributed by atoms with Gasteiger partial charge in [-0.1, -0.05) is 24.3 Å². The maximum Gasteiger partial charge on any atom is 0.307 e. The number of rotatable bonds is 4. The summed E-state index contributed by atoms with van der Waals surface area (Å²) in [5.74, 6) is 0.0473. The maximum atomic E-state index is 12.9. The summed E-state index contributed by atoms with van der Waals surface area (Å²) in [4.78, 5) is 10.4. The molecule has 0 saturated heterocycles. The molecule has 2 rings (SSSR count). The number of carboxylic acid groups (broad SMARTS) is 1. The fourth-order valence-corrected chi connectivity index (χ4v) is 2.74. The van der Waals surface area contributed by atoms with Crippen molar-refractivity contribution in [3.8, 4) is 0 Å². The molecule has 1 saturated carbocycles. The van der Waals surface area contributed by atoms with Gasteiger partial charge in [0, 0.05) is 0 Å². The molecule has 1 aromatic carbocycles. The van der Waals surface area contributed by atoms with Crippen LogP contribution in [0.3, 0.4) is 0 Å². The summed E-state index contributed by atoms with van der Waals surface area (Å²) in [5, 5.41) is 8.57. The monoisotopic (exact) mass is 262 g/mol. The van der Waals surface area contributed by atoms with Gasteiger partial charge in [0.05, 0.1) is 6.42 Å². The largest absolute Gasteiger partial charge is 0.481 e. The molecule has 19 heavy (non-hydrogen) atoms. The van der Waals surface area contributed by atoms with Crippen molar-refractivity contribution >= 4 is 5.97 Å². The zero-order chi connectivity index (χ0) is 13.7. The van der Waals surface area contributed by atoms with Gasteiger partial charge in [0.15, 0.2) is 0 Å². The molecule has 0 amide bonds. The number of hydrogen-bond acceptors (Lipinski definition) is 1. The standard InChI is InChI=1S/C16H19FO2/c17-15-10-8-14(9-11-15)13-6-4-12(5-7-13)2-1-3-16(18)19/h1-2,8-13H,3-7H2,(H,18,19). The van der Waals surface area contributed by atoms with Crippen molar-refractivity contribution in [2.24, 2.45) is 5.92 Å². The maximum absolute atomic E-state index is 12.9. The lowest BCUT2D eigenvalue weighted by Gasteiger charge is -2.27. The van der Waals surface area contributed by atoms with Crippen LogP contribution in [0.15, 0.2) is 36.4 Å². The summed E-state index contributed by atoms with van der Waals surface area (Å²) >= 11 is 0. The van der Waals surface area contributed by atoms with Crippen LogP contribution >= 0.6 is 0 Å². The van der Waals surface area contributed by atoms with Gasteiger partial charge < -0.3 is 5.11 Å². The molecule has 102 valence electrons. The van der Waals surface area contributed by atoms with E-state index in [0.29, 0.717) is 11.8 Å². The lowest BCUT2D eigenvalue weighted by Crippen LogP contribution is -2.11. The Hall–Kier alpha value is -1.64. The predicted octanol–water partition coefficient (Wildman–Crippen LogP) is 4.13. The van der Waals surface area contributed by atoms with Gasteiger partial charge in [-0.2, -0.15) is 0 Å². The third-order valence-electron chi connectivity index (χ3n) is 3.81. The van der Waals surface area contributed by atoms with Gasteiger partial charge in [-0.25, -0.2) is 4.39 Å². The fourth-order valence-electron chi connectivity index (χ4n) is 2.74. The average Bonchev–Trinajstić information content (AvgIpc) is 2.40. The molecule has 1 aliphatic rings. The van der Waals surface area contributed by atoms with Crippen molar-refractivity contribution in [2.45, 2.75) is 38.0 Å². The Labute approximate surface area is 113 Å². The first-order valence-electron chi connectivity index (χ1n) is 6.79. The van der Waals surface area contributed by atoms with Crippen molar-refractivity contribution in [3.05, 3.63) is 47.8 Å². The summed E-state index contributed by atoms with van der Waals surface area (Å²) < 4.78 is 12.9. The summed E-state index contributed by atoms with van der Waals surface area (Å²) in [5.41, 5.74) is 1.22. The average molecular weight is 262 g/mol. The van der Waals surface area contributed by atoms with Crippen molar-refractivity contribution < 1.29 is 14.3 Å². The molecule has 1 fully saturated rings. The molecule has 0 atom stereocenters. The fraction of sp³-hybridized carbons (Fsp3) is 0.438. The van der Waals surface area contributed by atoms with Crippen molar-refractivity contribution in [1.29, 1.82) is 0 Å². The molecule has 3 heteroatoms. The molecular formula is C16H19FO2. The van der Waals surface area contributed by atoms with Crippen LogP contribution in [-0.4, -0.2) is 11.1 Å². The molecule has 1 aliphatic carbocycles. The van der Waals surface area contributed by atoms with Crippen LogP contribution in [0.25, 0.3) is 0 Å². The van der Waals surface area contributed by atoms with Gasteiger partial charge in [-0.3, -0.25) is 4.79 Å². The van der Waals surface area contributed by atoms with Crippen LogP contribution in [0.4, 0.5) is 4.39 Å². The van der Waals surface area contributed by atoms with Gasteiger partial charge >= 0.3 is 5.97 Å². The van der Waals surface area contributed by atoms with Crippen molar-refractivity contribution in [2.75, 3.05) is 0 Å². The minimum absolute atomic E-state index is 0.109. The minimum Gasteiger partial charge on any atom is -0.481 e. The summed E-state index contributed by atoms with van der Waals surface area (Å²) in [6, 6.07) is 6.80. The molecule has 0 heterocycles. The predicted molar refractivity (Wildman–Crippen MR) is 72.5 cm³/mol. The van der Waals surface area contributed by atoms with Crippen molar-refractivity contribution in [1.82, 2.24) is 0 Å². The smallest absolute Gasteiger partial charge is 0.307 e. The number of aliphatic carboxylic acids is 1. The molecule has 0 aliphatic heterocycles. The van der Waals surface area contributed by atoms with E-state index in [-0.39, 0.29) is 12.2 Å². The van der Waals surface area contributed by atoms with Crippen LogP contribution in [0.1, 0.15) is 43.6 Å². The van der Waals surface area contributed by atoms with E-state index in [1.54, 1.807) is 6.08 Å².